The van der Waals surface area contributed by atoms with E-state index in [1.807, 2.05) is 18.2 Å². The lowest BCUT2D eigenvalue weighted by molar-refractivity contribution is -0.115. The zero-order valence-electron chi connectivity index (χ0n) is 14.4. The van der Waals surface area contributed by atoms with Crippen LogP contribution in [0.15, 0.2) is 53.6 Å². The summed E-state index contributed by atoms with van der Waals surface area (Å²) in [5.74, 6) is 1.74. The highest BCUT2D eigenvalue weighted by molar-refractivity contribution is 6.02. The van der Waals surface area contributed by atoms with Crippen molar-refractivity contribution >= 4 is 5.71 Å². The van der Waals surface area contributed by atoms with Gasteiger partial charge >= 0.3 is 0 Å². The molecular formula is C21H22N2O2. The van der Waals surface area contributed by atoms with E-state index in [2.05, 4.69) is 35.3 Å². The van der Waals surface area contributed by atoms with Crippen molar-refractivity contribution in [3.63, 3.8) is 0 Å². The Morgan fingerprint density at radius 2 is 1.88 bits per heavy atom. The van der Waals surface area contributed by atoms with Crippen LogP contribution < -0.4 is 9.47 Å². The molecule has 3 aliphatic rings. The number of fused-ring (bicyclic) bond motifs is 4. The van der Waals surface area contributed by atoms with E-state index in [9.17, 15) is 0 Å². The molecular weight excluding hydrogens is 312 g/mol. The summed E-state index contributed by atoms with van der Waals surface area (Å²) in [6, 6.07) is 16.9. The second-order valence-corrected chi connectivity index (χ2v) is 7.11. The number of hydrogen-bond acceptors (Lipinski definition) is 4. The van der Waals surface area contributed by atoms with Crippen LogP contribution in [0.1, 0.15) is 49.3 Å². The van der Waals surface area contributed by atoms with Gasteiger partial charge in [0.05, 0.1) is 18.9 Å². The van der Waals surface area contributed by atoms with Crippen molar-refractivity contribution in [2.75, 3.05) is 7.11 Å². The first kappa shape index (κ1) is 14.8. The van der Waals surface area contributed by atoms with E-state index < -0.39 is 0 Å². The Hall–Kier alpha value is -2.49. The van der Waals surface area contributed by atoms with Crippen molar-refractivity contribution in [2.24, 2.45) is 5.10 Å². The number of para-hydroxylation sites is 1. The van der Waals surface area contributed by atoms with Gasteiger partial charge < -0.3 is 9.47 Å². The molecule has 4 nitrogen and oxygen atoms in total. The van der Waals surface area contributed by atoms with E-state index in [4.69, 9.17) is 14.6 Å². The summed E-state index contributed by atoms with van der Waals surface area (Å²) in [5.41, 5.74) is 3.22. The lowest BCUT2D eigenvalue weighted by Crippen LogP contribution is -2.51. The number of hydrogen-bond donors (Lipinski definition) is 0. The largest absolute Gasteiger partial charge is 0.493 e. The lowest BCUT2D eigenvalue weighted by Gasteiger charge is -2.46. The fraction of sp³-hybridized carbons (Fsp3) is 0.381. The fourth-order valence-corrected chi connectivity index (χ4v) is 4.49. The molecule has 5 rings (SSSR count). The van der Waals surface area contributed by atoms with Crippen LogP contribution in [-0.4, -0.2) is 23.6 Å². The van der Waals surface area contributed by atoms with Gasteiger partial charge in [-0.25, -0.2) is 5.01 Å². The molecule has 2 aromatic rings. The SMILES string of the molecule is COc1cccc2c1OC1(CCCC1)N1N=C(c3ccccc3)C[C@H]21. The molecule has 1 aliphatic carbocycles. The molecule has 0 amide bonds. The molecule has 1 atom stereocenters. The van der Waals surface area contributed by atoms with E-state index >= 15 is 0 Å². The third-order valence-corrected chi connectivity index (χ3v) is 5.70. The monoisotopic (exact) mass is 334 g/mol. The average Bonchev–Trinajstić information content (AvgIpc) is 3.31. The second-order valence-electron chi connectivity index (χ2n) is 7.11. The van der Waals surface area contributed by atoms with Crippen LogP contribution >= 0.6 is 0 Å². The predicted molar refractivity (Wildman–Crippen MR) is 97.0 cm³/mol. The number of methoxy groups -OCH3 is 1. The Kier molecular flexibility index (Phi) is 3.27. The quantitative estimate of drug-likeness (QED) is 0.810. The molecule has 0 radical (unpaired) electrons. The third kappa shape index (κ3) is 2.16. The van der Waals surface area contributed by atoms with Crippen LogP contribution in [0.25, 0.3) is 0 Å². The summed E-state index contributed by atoms with van der Waals surface area (Å²) in [5, 5.41) is 7.31. The minimum Gasteiger partial charge on any atom is -0.493 e. The van der Waals surface area contributed by atoms with Crippen molar-refractivity contribution in [2.45, 2.75) is 43.9 Å². The zero-order chi connectivity index (χ0) is 16.9. The van der Waals surface area contributed by atoms with E-state index in [1.165, 1.54) is 24.0 Å². The van der Waals surface area contributed by atoms with Crippen LogP contribution in [0.5, 0.6) is 11.5 Å². The summed E-state index contributed by atoms with van der Waals surface area (Å²) in [6.45, 7) is 0. The highest BCUT2D eigenvalue weighted by Gasteiger charge is 2.52. The van der Waals surface area contributed by atoms with E-state index in [1.54, 1.807) is 7.11 Å². The average molecular weight is 334 g/mol. The second kappa shape index (κ2) is 5.51. The Labute approximate surface area is 148 Å². The molecule has 0 N–H and O–H groups in total. The van der Waals surface area contributed by atoms with Crippen molar-refractivity contribution in [1.29, 1.82) is 0 Å². The molecule has 1 saturated carbocycles. The van der Waals surface area contributed by atoms with Crippen molar-refractivity contribution in [3.8, 4) is 11.5 Å². The number of benzene rings is 2. The van der Waals surface area contributed by atoms with Gasteiger partial charge in [-0.1, -0.05) is 42.5 Å². The van der Waals surface area contributed by atoms with Gasteiger partial charge in [0.2, 0.25) is 0 Å². The Morgan fingerprint density at radius 3 is 2.64 bits per heavy atom. The molecule has 4 heteroatoms. The highest BCUT2D eigenvalue weighted by atomic mass is 16.5. The minimum atomic E-state index is -0.317. The van der Waals surface area contributed by atoms with Crippen LogP contribution in [0.2, 0.25) is 0 Å². The summed E-state index contributed by atoms with van der Waals surface area (Å²) in [6.07, 6.45) is 5.32. The maximum absolute atomic E-state index is 6.59. The first-order chi connectivity index (χ1) is 12.3. The Balaban J connectivity index is 1.63. The molecule has 1 spiro atoms. The van der Waals surface area contributed by atoms with Gasteiger partial charge in [0.1, 0.15) is 0 Å². The molecule has 0 saturated heterocycles. The van der Waals surface area contributed by atoms with Crippen LogP contribution in [0.4, 0.5) is 0 Å². The number of nitrogens with zero attached hydrogens (tertiary/aromatic N) is 2. The molecule has 25 heavy (non-hydrogen) atoms. The highest BCUT2D eigenvalue weighted by Crippen LogP contribution is 2.54. The van der Waals surface area contributed by atoms with E-state index in [-0.39, 0.29) is 11.8 Å². The molecule has 2 heterocycles. The topological polar surface area (TPSA) is 34.1 Å². The third-order valence-electron chi connectivity index (χ3n) is 5.70. The molecule has 0 bridgehead atoms. The van der Waals surface area contributed by atoms with Crippen molar-refractivity contribution < 1.29 is 9.47 Å². The summed E-state index contributed by atoms with van der Waals surface area (Å²) in [4.78, 5) is 0. The van der Waals surface area contributed by atoms with Crippen LogP contribution in [-0.2, 0) is 0 Å². The van der Waals surface area contributed by atoms with Gasteiger partial charge in [-0.05, 0) is 24.5 Å². The van der Waals surface area contributed by atoms with Crippen molar-refractivity contribution in [3.05, 3.63) is 59.7 Å². The molecule has 2 aromatic carbocycles. The zero-order valence-corrected chi connectivity index (χ0v) is 14.4. The van der Waals surface area contributed by atoms with Gasteiger partial charge in [0.25, 0.3) is 0 Å². The van der Waals surface area contributed by atoms with Gasteiger partial charge in [0, 0.05) is 24.8 Å². The first-order valence-corrected chi connectivity index (χ1v) is 9.09. The first-order valence-electron chi connectivity index (χ1n) is 9.09. The standard InChI is InChI=1S/C21H22N2O2/c1-24-19-11-7-10-16-18-14-17(15-8-3-2-4-9-15)22-23(18)21(25-20(16)19)12-5-6-13-21/h2-4,7-11,18H,5-6,12-14H2,1H3/t18-/m1/s1. The van der Waals surface area contributed by atoms with Crippen molar-refractivity contribution in [1.82, 2.24) is 5.01 Å². The van der Waals surface area contributed by atoms with Crippen LogP contribution in [0, 0.1) is 0 Å². The predicted octanol–water partition coefficient (Wildman–Crippen LogP) is 4.51. The number of rotatable bonds is 2. The fourth-order valence-electron chi connectivity index (χ4n) is 4.49. The molecule has 2 aliphatic heterocycles. The minimum absolute atomic E-state index is 0.229. The lowest BCUT2D eigenvalue weighted by atomic mass is 9.94. The van der Waals surface area contributed by atoms with E-state index in [0.717, 1.165) is 36.5 Å². The maximum Gasteiger partial charge on any atom is 0.198 e. The van der Waals surface area contributed by atoms with E-state index in [0.29, 0.717) is 0 Å². The van der Waals surface area contributed by atoms with Gasteiger partial charge in [-0.2, -0.15) is 5.10 Å². The van der Waals surface area contributed by atoms with Gasteiger partial charge in [-0.15, -0.1) is 0 Å². The van der Waals surface area contributed by atoms with Gasteiger partial charge in [-0.3, -0.25) is 0 Å². The summed E-state index contributed by atoms with van der Waals surface area (Å²) < 4.78 is 12.2. The number of hydrazone groups is 1. The van der Waals surface area contributed by atoms with Crippen LogP contribution in [0.3, 0.4) is 0 Å². The molecule has 1 fully saturated rings. The smallest absolute Gasteiger partial charge is 0.198 e. The Morgan fingerprint density at radius 1 is 1.08 bits per heavy atom. The molecule has 0 unspecified atom stereocenters. The Bertz CT molecular complexity index is 825. The normalized spacial score (nSPS) is 23.0. The van der Waals surface area contributed by atoms with Gasteiger partial charge in [0.15, 0.2) is 17.2 Å². The summed E-state index contributed by atoms with van der Waals surface area (Å²) >= 11 is 0. The summed E-state index contributed by atoms with van der Waals surface area (Å²) in [7, 11) is 1.72. The molecule has 128 valence electrons. The maximum atomic E-state index is 6.59. The molecule has 0 aromatic heterocycles. The number of ether oxygens (including phenoxy) is 2.